The monoisotopic (exact) mass is 339 g/mol. The zero-order chi connectivity index (χ0) is 17.4. The first kappa shape index (κ1) is 16.9. The van der Waals surface area contributed by atoms with Crippen molar-refractivity contribution in [3.63, 3.8) is 0 Å². The van der Waals surface area contributed by atoms with E-state index in [0.29, 0.717) is 12.1 Å². The molecule has 0 fully saturated rings. The molecule has 0 radical (unpaired) electrons. The smallest absolute Gasteiger partial charge is 0.416 e. The van der Waals surface area contributed by atoms with Gasteiger partial charge in [-0.05, 0) is 30.3 Å². The van der Waals surface area contributed by atoms with Gasteiger partial charge in [0.15, 0.2) is 0 Å². The van der Waals surface area contributed by atoms with Crippen molar-refractivity contribution in [1.29, 1.82) is 0 Å². The third-order valence-corrected chi connectivity index (χ3v) is 2.77. The first-order valence-electron chi connectivity index (χ1n) is 5.99. The number of alkyl halides is 6. The zero-order valence-electron chi connectivity index (χ0n) is 11.1. The average molecular weight is 339 g/mol. The maximum Gasteiger partial charge on any atom is 0.416 e. The molecule has 2 aromatic carbocycles. The minimum atomic E-state index is -4.99. The highest BCUT2D eigenvalue weighted by atomic mass is 19.4. The largest absolute Gasteiger partial charge is 0.457 e. The molecule has 0 saturated heterocycles. The number of nitrogen functional groups attached to an aromatic ring is 1. The van der Waals surface area contributed by atoms with Crippen LogP contribution in [0.4, 0.5) is 36.4 Å². The maximum absolute atomic E-state index is 13.3. The topological polar surface area (TPSA) is 35.2 Å². The highest BCUT2D eigenvalue weighted by molar-refractivity contribution is 5.46. The van der Waals surface area contributed by atoms with Crippen LogP contribution in [0.25, 0.3) is 0 Å². The molecule has 0 unspecified atom stereocenters. The van der Waals surface area contributed by atoms with Crippen molar-refractivity contribution in [2.45, 2.75) is 12.4 Å². The average Bonchev–Trinajstić information content (AvgIpc) is 2.41. The van der Waals surface area contributed by atoms with E-state index in [1.54, 1.807) is 0 Å². The number of hydrogen-bond acceptors (Lipinski definition) is 2. The van der Waals surface area contributed by atoms with Crippen molar-refractivity contribution in [1.82, 2.24) is 0 Å². The van der Waals surface area contributed by atoms with Gasteiger partial charge >= 0.3 is 12.4 Å². The van der Waals surface area contributed by atoms with Gasteiger partial charge in [-0.3, -0.25) is 0 Å². The van der Waals surface area contributed by atoms with Crippen LogP contribution in [-0.2, 0) is 12.4 Å². The van der Waals surface area contributed by atoms with Crippen LogP contribution in [0.1, 0.15) is 11.1 Å². The fourth-order valence-electron chi connectivity index (χ4n) is 1.69. The molecular weight excluding hydrogens is 331 g/mol. The van der Waals surface area contributed by atoms with Crippen LogP contribution in [0.5, 0.6) is 11.5 Å². The quantitative estimate of drug-likeness (QED) is 0.600. The van der Waals surface area contributed by atoms with Gasteiger partial charge in [0.25, 0.3) is 0 Å². The number of ether oxygens (including phenoxy) is 1. The normalized spacial score (nSPS) is 12.3. The molecule has 0 spiro atoms. The molecule has 0 amide bonds. The van der Waals surface area contributed by atoms with Crippen LogP contribution in [0.3, 0.4) is 0 Å². The second-order valence-electron chi connectivity index (χ2n) is 4.53. The van der Waals surface area contributed by atoms with Gasteiger partial charge in [-0.15, -0.1) is 0 Å². The van der Waals surface area contributed by atoms with Crippen LogP contribution in [0.2, 0.25) is 0 Å². The van der Waals surface area contributed by atoms with Crippen molar-refractivity contribution in [2.75, 3.05) is 5.73 Å². The molecule has 0 bridgehead atoms. The summed E-state index contributed by atoms with van der Waals surface area (Å²) in [7, 11) is 0. The lowest BCUT2D eigenvalue weighted by atomic mass is 10.1. The van der Waals surface area contributed by atoms with Crippen LogP contribution in [0.15, 0.2) is 36.4 Å². The first-order chi connectivity index (χ1) is 10.5. The van der Waals surface area contributed by atoms with Crippen molar-refractivity contribution < 1.29 is 35.5 Å². The Balaban J connectivity index is 2.46. The molecular formula is C14H8F7NO. The summed E-state index contributed by atoms with van der Waals surface area (Å²) in [6, 6.07) is 3.70. The second-order valence-corrected chi connectivity index (χ2v) is 4.53. The van der Waals surface area contributed by atoms with Gasteiger partial charge in [-0.25, -0.2) is 4.39 Å². The van der Waals surface area contributed by atoms with E-state index >= 15 is 0 Å². The molecule has 0 aromatic heterocycles. The van der Waals surface area contributed by atoms with Gasteiger partial charge in [0.1, 0.15) is 17.3 Å². The van der Waals surface area contributed by atoms with Crippen molar-refractivity contribution in [3.05, 3.63) is 53.3 Å². The third kappa shape index (κ3) is 4.05. The van der Waals surface area contributed by atoms with E-state index in [0.717, 1.165) is 18.2 Å². The Hall–Kier alpha value is -2.45. The third-order valence-electron chi connectivity index (χ3n) is 2.77. The van der Waals surface area contributed by atoms with Crippen LogP contribution in [0, 0.1) is 5.82 Å². The van der Waals surface area contributed by atoms with E-state index < -0.39 is 35.0 Å². The number of nitrogens with two attached hydrogens (primary N) is 1. The summed E-state index contributed by atoms with van der Waals surface area (Å²) >= 11 is 0. The SMILES string of the molecule is Nc1ccc(Oc2cc(C(F)(F)F)cc(C(F)(F)F)c2)cc1F. The summed E-state index contributed by atoms with van der Waals surface area (Å²) in [5.74, 6) is -1.93. The summed E-state index contributed by atoms with van der Waals surface area (Å²) < 4.78 is 94.3. The van der Waals surface area contributed by atoms with E-state index in [2.05, 4.69) is 0 Å². The number of hydrogen-bond donors (Lipinski definition) is 1. The van der Waals surface area contributed by atoms with E-state index in [1.165, 1.54) is 0 Å². The molecule has 2 aromatic rings. The van der Waals surface area contributed by atoms with Crippen LogP contribution >= 0.6 is 0 Å². The lowest BCUT2D eigenvalue weighted by Crippen LogP contribution is -2.11. The first-order valence-corrected chi connectivity index (χ1v) is 5.99. The minimum absolute atomic E-state index is 0.0313. The van der Waals surface area contributed by atoms with E-state index in [4.69, 9.17) is 10.5 Å². The van der Waals surface area contributed by atoms with Gasteiger partial charge in [-0.1, -0.05) is 0 Å². The van der Waals surface area contributed by atoms with Gasteiger partial charge in [0, 0.05) is 6.07 Å². The lowest BCUT2D eigenvalue weighted by molar-refractivity contribution is -0.143. The molecule has 0 aliphatic heterocycles. The number of anilines is 1. The highest BCUT2D eigenvalue weighted by Gasteiger charge is 2.37. The Morgan fingerprint density at radius 2 is 1.26 bits per heavy atom. The summed E-state index contributed by atoms with van der Waals surface area (Å²) in [4.78, 5) is 0. The Morgan fingerprint density at radius 3 is 1.70 bits per heavy atom. The van der Waals surface area contributed by atoms with Gasteiger partial charge in [-0.2, -0.15) is 26.3 Å². The Labute approximate surface area is 125 Å². The molecule has 23 heavy (non-hydrogen) atoms. The predicted molar refractivity (Wildman–Crippen MR) is 67.3 cm³/mol. The molecule has 2 N–H and O–H groups in total. The van der Waals surface area contributed by atoms with Gasteiger partial charge in [0.2, 0.25) is 0 Å². The highest BCUT2D eigenvalue weighted by Crippen LogP contribution is 2.39. The molecule has 2 nitrogen and oxygen atoms in total. The van der Waals surface area contributed by atoms with Crippen LogP contribution < -0.4 is 10.5 Å². The maximum atomic E-state index is 13.3. The van der Waals surface area contributed by atoms with E-state index in [9.17, 15) is 30.7 Å². The summed E-state index contributed by atoms with van der Waals surface area (Å²) in [6.07, 6.45) is -9.99. The molecule has 9 heteroatoms. The van der Waals surface area contributed by atoms with Gasteiger partial charge in [0.05, 0.1) is 16.8 Å². The number of benzene rings is 2. The Kier molecular flexibility index (Phi) is 4.14. The summed E-state index contributed by atoms with van der Waals surface area (Å²) in [5.41, 5.74) is 1.92. The van der Waals surface area contributed by atoms with Crippen molar-refractivity contribution in [2.24, 2.45) is 0 Å². The molecule has 0 heterocycles. The molecule has 124 valence electrons. The van der Waals surface area contributed by atoms with E-state index in [-0.39, 0.29) is 17.5 Å². The zero-order valence-corrected chi connectivity index (χ0v) is 11.1. The van der Waals surface area contributed by atoms with Crippen molar-refractivity contribution >= 4 is 5.69 Å². The van der Waals surface area contributed by atoms with E-state index in [1.807, 2.05) is 0 Å². The number of halogens is 7. The van der Waals surface area contributed by atoms with Crippen molar-refractivity contribution in [3.8, 4) is 11.5 Å². The molecule has 0 aliphatic carbocycles. The molecule has 0 atom stereocenters. The standard InChI is InChI=1S/C14H8F7NO/c15-11-6-9(1-2-12(11)22)23-10-4-7(13(16,17)18)3-8(5-10)14(19,20)21/h1-6H,22H2. The fraction of sp³-hybridized carbons (Fsp3) is 0.143. The molecule has 2 rings (SSSR count). The second kappa shape index (κ2) is 5.64. The molecule has 0 aliphatic rings. The van der Waals surface area contributed by atoms with Gasteiger partial charge < -0.3 is 10.5 Å². The fourth-order valence-corrected chi connectivity index (χ4v) is 1.69. The molecule has 0 saturated carbocycles. The summed E-state index contributed by atoms with van der Waals surface area (Å²) in [5, 5.41) is 0. The lowest BCUT2D eigenvalue weighted by Gasteiger charge is -2.14. The number of rotatable bonds is 2. The predicted octanol–water partition coefficient (Wildman–Crippen LogP) is 5.24. The minimum Gasteiger partial charge on any atom is -0.457 e. The Morgan fingerprint density at radius 1 is 0.739 bits per heavy atom. The summed E-state index contributed by atoms with van der Waals surface area (Å²) in [6.45, 7) is 0. The van der Waals surface area contributed by atoms with Crippen LogP contribution in [-0.4, -0.2) is 0 Å². The Bertz CT molecular complexity index is 690.